The number of aromatic amines is 1. The Bertz CT molecular complexity index is 1300. The smallest absolute Gasteiger partial charge is 0.202 e. The highest BCUT2D eigenvalue weighted by Gasteiger charge is 2.31. The first-order valence-electron chi connectivity index (χ1n) is 12.8. The lowest BCUT2D eigenvalue weighted by atomic mass is 9.93. The number of aromatic nitrogens is 3. The summed E-state index contributed by atoms with van der Waals surface area (Å²) in [6.45, 7) is 6.45. The molecule has 2 aliphatic heterocycles. The van der Waals surface area contributed by atoms with E-state index < -0.39 is 5.60 Å². The van der Waals surface area contributed by atoms with E-state index >= 15 is 0 Å². The number of carbonyl (C=O) groups excluding carboxylic acids is 2. The van der Waals surface area contributed by atoms with Gasteiger partial charge in [0.05, 0.1) is 25.1 Å². The van der Waals surface area contributed by atoms with Crippen LogP contribution in [0.15, 0.2) is 36.7 Å². The number of anilines is 2. The van der Waals surface area contributed by atoms with E-state index in [0.717, 1.165) is 60.1 Å². The second-order valence-electron chi connectivity index (χ2n) is 9.42. The summed E-state index contributed by atoms with van der Waals surface area (Å²) in [4.78, 5) is 37.7. The van der Waals surface area contributed by atoms with E-state index in [0.29, 0.717) is 38.8 Å². The molecule has 2 aliphatic rings. The number of nitrogens with one attached hydrogen (secondary N) is 2. The minimum absolute atomic E-state index is 0.142. The standard InChI is InChI=1S/C17H19N5O.C11H15NO3/c1-18-13-4-2-12(3-5-13)15-10-14-16(21-15)19-11-20-17(14)22-6-8-23-9-7-22;1-10(14)3-2-6-12-7-4-11(15,9-13)5-8-12/h2-5,10-11,18H,6-9H2,1H3,(H,19,20,21);9,15H,4-8H2,1H3. The molecule has 0 aliphatic carbocycles. The Balaban J connectivity index is 0.000000196. The van der Waals surface area contributed by atoms with Gasteiger partial charge in [-0.3, -0.25) is 9.69 Å². The number of fused-ring (bicyclic) bond motifs is 1. The van der Waals surface area contributed by atoms with Crippen LogP contribution >= 0.6 is 0 Å². The van der Waals surface area contributed by atoms with Gasteiger partial charge in [0.2, 0.25) is 5.78 Å². The molecule has 1 aromatic carbocycles. The first-order chi connectivity index (χ1) is 18.4. The summed E-state index contributed by atoms with van der Waals surface area (Å²) in [5.41, 5.74) is 3.00. The van der Waals surface area contributed by atoms with Gasteiger partial charge in [0.15, 0.2) is 6.29 Å². The number of ether oxygens (including phenoxy) is 1. The molecule has 3 aromatic rings. The van der Waals surface area contributed by atoms with Gasteiger partial charge in [0, 0.05) is 51.5 Å². The van der Waals surface area contributed by atoms with Gasteiger partial charge >= 0.3 is 0 Å². The summed E-state index contributed by atoms with van der Waals surface area (Å²) in [7, 11) is 1.92. The molecule has 200 valence electrons. The Labute approximate surface area is 222 Å². The average molecular weight is 519 g/mol. The zero-order valence-corrected chi connectivity index (χ0v) is 21.9. The minimum atomic E-state index is -1.15. The Morgan fingerprint density at radius 3 is 2.53 bits per heavy atom. The number of likely N-dealkylation sites (tertiary alicyclic amines) is 1. The molecule has 2 saturated heterocycles. The molecular weight excluding hydrogens is 484 g/mol. The number of Topliss-reactive ketones (excluding diaryl/α,β-unsaturated/α-hetero) is 1. The molecule has 5 rings (SSSR count). The van der Waals surface area contributed by atoms with Crippen LogP contribution in [0.25, 0.3) is 22.3 Å². The maximum absolute atomic E-state index is 10.6. The fraction of sp³-hybridized carbons (Fsp3) is 0.429. The van der Waals surface area contributed by atoms with E-state index in [1.54, 1.807) is 6.33 Å². The molecule has 0 atom stereocenters. The van der Waals surface area contributed by atoms with Crippen molar-refractivity contribution in [1.29, 1.82) is 0 Å². The Hall–Kier alpha value is -3.78. The number of nitrogens with zero attached hydrogens (tertiary/aromatic N) is 4. The highest BCUT2D eigenvalue weighted by molar-refractivity contribution is 5.93. The molecule has 38 heavy (non-hydrogen) atoms. The van der Waals surface area contributed by atoms with Crippen molar-refractivity contribution in [3.05, 3.63) is 36.7 Å². The lowest BCUT2D eigenvalue weighted by molar-refractivity contribution is -0.128. The summed E-state index contributed by atoms with van der Waals surface area (Å²) in [5.74, 6) is 6.06. The van der Waals surface area contributed by atoms with Gasteiger partial charge in [-0.2, -0.15) is 0 Å². The third-order valence-corrected chi connectivity index (χ3v) is 6.71. The maximum atomic E-state index is 10.6. The number of carbonyl (C=O) groups is 2. The van der Waals surface area contributed by atoms with Crippen LogP contribution in [0.3, 0.4) is 0 Å². The first kappa shape index (κ1) is 27.3. The summed E-state index contributed by atoms with van der Waals surface area (Å²) in [6, 6.07) is 10.5. The number of aldehydes is 1. The molecule has 2 aromatic heterocycles. The number of piperidine rings is 1. The monoisotopic (exact) mass is 518 g/mol. The van der Waals surface area contributed by atoms with Crippen LogP contribution in [0.5, 0.6) is 0 Å². The fourth-order valence-corrected chi connectivity index (χ4v) is 4.42. The number of rotatable bonds is 5. The predicted molar refractivity (Wildman–Crippen MR) is 147 cm³/mol. The van der Waals surface area contributed by atoms with Gasteiger partial charge in [-0.1, -0.05) is 18.1 Å². The van der Waals surface area contributed by atoms with Crippen molar-refractivity contribution >= 4 is 34.6 Å². The quantitative estimate of drug-likeness (QED) is 0.265. The van der Waals surface area contributed by atoms with Crippen molar-refractivity contribution in [2.45, 2.75) is 25.4 Å². The number of morpholine rings is 1. The summed E-state index contributed by atoms with van der Waals surface area (Å²) in [6.07, 6.45) is 3.12. The number of ketones is 1. The predicted octanol–water partition coefficient (Wildman–Crippen LogP) is 2.11. The maximum Gasteiger partial charge on any atom is 0.202 e. The second kappa shape index (κ2) is 12.6. The van der Waals surface area contributed by atoms with Gasteiger partial charge < -0.3 is 29.8 Å². The van der Waals surface area contributed by atoms with Crippen LogP contribution in [0.1, 0.15) is 19.8 Å². The van der Waals surface area contributed by atoms with E-state index in [1.807, 2.05) is 11.9 Å². The van der Waals surface area contributed by atoms with Gasteiger partial charge in [-0.05, 0) is 42.5 Å². The Morgan fingerprint density at radius 1 is 1.18 bits per heavy atom. The molecule has 4 heterocycles. The lowest BCUT2D eigenvalue weighted by Crippen LogP contribution is -2.45. The SMILES string of the molecule is CC(=O)C#CCN1CCC(O)(C=O)CC1.CNc1ccc(-c2cc3c(N4CCOCC4)ncnc3[nH]2)cc1. The number of H-pyrrole nitrogens is 1. The molecule has 2 fully saturated rings. The largest absolute Gasteiger partial charge is 0.388 e. The Kier molecular flexibility index (Phi) is 9.07. The van der Waals surface area contributed by atoms with Crippen LogP contribution in [0, 0.1) is 11.8 Å². The van der Waals surface area contributed by atoms with E-state index in [-0.39, 0.29) is 5.78 Å². The summed E-state index contributed by atoms with van der Waals surface area (Å²) in [5, 5.41) is 13.8. The highest BCUT2D eigenvalue weighted by Crippen LogP contribution is 2.29. The first-order valence-corrected chi connectivity index (χ1v) is 12.8. The molecule has 0 radical (unpaired) electrons. The zero-order valence-electron chi connectivity index (χ0n) is 21.9. The van der Waals surface area contributed by atoms with Crippen LogP contribution in [0.4, 0.5) is 11.5 Å². The second-order valence-corrected chi connectivity index (χ2v) is 9.42. The third-order valence-electron chi connectivity index (χ3n) is 6.71. The van der Waals surface area contributed by atoms with Crippen LogP contribution < -0.4 is 10.2 Å². The van der Waals surface area contributed by atoms with E-state index in [4.69, 9.17) is 4.74 Å². The van der Waals surface area contributed by atoms with Gasteiger partial charge in [-0.15, -0.1) is 0 Å². The van der Waals surface area contributed by atoms with Gasteiger partial charge in [-0.25, -0.2) is 9.97 Å². The van der Waals surface area contributed by atoms with Crippen molar-refractivity contribution in [2.75, 3.05) is 63.2 Å². The van der Waals surface area contributed by atoms with Crippen LogP contribution in [-0.2, 0) is 14.3 Å². The molecular formula is C28H34N6O4. The van der Waals surface area contributed by atoms with Crippen LogP contribution in [-0.4, -0.2) is 95.6 Å². The molecule has 0 amide bonds. The number of benzene rings is 1. The van der Waals surface area contributed by atoms with E-state index in [9.17, 15) is 14.7 Å². The average Bonchev–Trinajstić information content (AvgIpc) is 3.40. The number of hydrogen-bond donors (Lipinski definition) is 3. The van der Waals surface area contributed by atoms with Crippen molar-refractivity contribution in [3.63, 3.8) is 0 Å². The topological polar surface area (TPSA) is 124 Å². The molecule has 0 bridgehead atoms. The van der Waals surface area contributed by atoms with Crippen molar-refractivity contribution in [2.24, 2.45) is 0 Å². The highest BCUT2D eigenvalue weighted by atomic mass is 16.5. The Morgan fingerprint density at radius 2 is 1.89 bits per heavy atom. The molecule has 0 unspecified atom stereocenters. The van der Waals surface area contributed by atoms with Gasteiger partial charge in [0.25, 0.3) is 0 Å². The van der Waals surface area contributed by atoms with E-state index in [1.165, 1.54) is 6.92 Å². The normalized spacial score (nSPS) is 17.1. The van der Waals surface area contributed by atoms with E-state index in [2.05, 4.69) is 67.3 Å². The third kappa shape index (κ3) is 6.95. The minimum Gasteiger partial charge on any atom is -0.388 e. The van der Waals surface area contributed by atoms with Crippen LogP contribution in [0.2, 0.25) is 0 Å². The molecule has 0 spiro atoms. The lowest BCUT2D eigenvalue weighted by Gasteiger charge is -2.33. The zero-order chi connectivity index (χ0) is 27.0. The van der Waals surface area contributed by atoms with Crippen molar-refractivity contribution < 1.29 is 19.4 Å². The summed E-state index contributed by atoms with van der Waals surface area (Å²) < 4.78 is 5.43. The number of aliphatic hydroxyl groups is 1. The molecule has 10 heteroatoms. The fourth-order valence-electron chi connectivity index (χ4n) is 4.42. The molecule has 3 N–H and O–H groups in total. The molecule has 10 nitrogen and oxygen atoms in total. The van der Waals surface area contributed by atoms with Crippen molar-refractivity contribution in [1.82, 2.24) is 19.9 Å². The number of hydrogen-bond acceptors (Lipinski definition) is 9. The summed E-state index contributed by atoms with van der Waals surface area (Å²) >= 11 is 0. The van der Waals surface area contributed by atoms with Gasteiger partial charge in [0.1, 0.15) is 23.4 Å². The van der Waals surface area contributed by atoms with Crippen molar-refractivity contribution in [3.8, 4) is 23.1 Å². The molecule has 0 saturated carbocycles.